The van der Waals surface area contributed by atoms with Gasteiger partial charge >= 0.3 is 0 Å². The summed E-state index contributed by atoms with van der Waals surface area (Å²) in [6.07, 6.45) is 2.18. The molecule has 1 amide bonds. The van der Waals surface area contributed by atoms with Crippen LogP contribution in [0.25, 0.3) is 0 Å². The molecule has 0 aliphatic rings. The first-order valence-corrected chi connectivity index (χ1v) is 6.66. The highest BCUT2D eigenvalue weighted by Crippen LogP contribution is 2.12. The van der Waals surface area contributed by atoms with Crippen molar-refractivity contribution in [2.24, 2.45) is 5.10 Å². The Balaban J connectivity index is 2.14. The van der Waals surface area contributed by atoms with Crippen molar-refractivity contribution in [2.45, 2.75) is 20.3 Å². The number of carbonyl (C=O) groups excluding carboxylic acids is 1. The number of furan rings is 1. The molecule has 0 aliphatic heterocycles. The molecule has 5 heteroatoms. The molecule has 0 saturated heterocycles. The van der Waals surface area contributed by atoms with Crippen molar-refractivity contribution in [2.75, 3.05) is 0 Å². The van der Waals surface area contributed by atoms with Crippen LogP contribution in [-0.2, 0) is 0 Å². The maximum absolute atomic E-state index is 11.9. The molecular formula is C15H15ClN2O2. The minimum Gasteiger partial charge on any atom is -0.469 e. The van der Waals surface area contributed by atoms with Crippen molar-refractivity contribution in [1.82, 2.24) is 5.43 Å². The molecule has 0 atom stereocenters. The highest BCUT2D eigenvalue weighted by Gasteiger charge is 2.11. The Kier molecular flexibility index (Phi) is 4.58. The number of hydrogen-bond donors (Lipinski definition) is 1. The number of aryl methyl sites for hydroxylation is 1. The van der Waals surface area contributed by atoms with Gasteiger partial charge in [-0.1, -0.05) is 30.7 Å². The van der Waals surface area contributed by atoms with E-state index < -0.39 is 0 Å². The zero-order chi connectivity index (χ0) is 14.5. The highest BCUT2D eigenvalue weighted by atomic mass is 35.5. The minimum atomic E-state index is -0.281. The molecule has 1 heterocycles. The van der Waals surface area contributed by atoms with Crippen LogP contribution in [-0.4, -0.2) is 11.6 Å². The summed E-state index contributed by atoms with van der Waals surface area (Å²) in [6, 6.07) is 8.96. The van der Waals surface area contributed by atoms with Crippen molar-refractivity contribution >= 4 is 23.2 Å². The second-order valence-electron chi connectivity index (χ2n) is 4.25. The van der Waals surface area contributed by atoms with Crippen LogP contribution in [0.5, 0.6) is 0 Å². The molecule has 1 aromatic heterocycles. The third-order valence-corrected chi connectivity index (χ3v) is 3.16. The molecule has 0 fully saturated rings. The number of nitrogens with one attached hydrogen (secondary N) is 1. The Hall–Kier alpha value is -2.07. The number of amides is 1. The maximum atomic E-state index is 11.9. The van der Waals surface area contributed by atoms with E-state index in [1.807, 2.05) is 19.1 Å². The average Bonchev–Trinajstić information content (AvgIpc) is 2.87. The number of benzene rings is 1. The fourth-order valence-electron chi connectivity index (χ4n) is 1.79. The van der Waals surface area contributed by atoms with Gasteiger partial charge in [0.25, 0.3) is 5.91 Å². The molecule has 0 saturated carbocycles. The van der Waals surface area contributed by atoms with Crippen LogP contribution in [0.2, 0.25) is 5.02 Å². The summed E-state index contributed by atoms with van der Waals surface area (Å²) in [5.74, 6) is 0.290. The van der Waals surface area contributed by atoms with E-state index in [0.717, 1.165) is 11.3 Å². The van der Waals surface area contributed by atoms with E-state index in [9.17, 15) is 4.79 Å². The third-order valence-electron chi connectivity index (χ3n) is 2.91. The molecular weight excluding hydrogens is 276 g/mol. The van der Waals surface area contributed by atoms with Crippen LogP contribution < -0.4 is 5.43 Å². The van der Waals surface area contributed by atoms with Crippen molar-refractivity contribution < 1.29 is 9.21 Å². The van der Waals surface area contributed by atoms with Crippen molar-refractivity contribution in [3.8, 4) is 0 Å². The van der Waals surface area contributed by atoms with Gasteiger partial charge in [0, 0.05) is 5.02 Å². The van der Waals surface area contributed by atoms with E-state index >= 15 is 0 Å². The highest BCUT2D eigenvalue weighted by molar-refractivity contribution is 6.30. The topological polar surface area (TPSA) is 54.6 Å². The number of rotatable bonds is 4. The van der Waals surface area contributed by atoms with Gasteiger partial charge in [0.1, 0.15) is 5.76 Å². The number of halogens is 1. The quantitative estimate of drug-likeness (QED) is 0.688. The number of carbonyl (C=O) groups is 1. The molecule has 4 nitrogen and oxygen atoms in total. The largest absolute Gasteiger partial charge is 0.469 e. The molecule has 2 aromatic rings. The zero-order valence-corrected chi connectivity index (χ0v) is 12.1. The second kappa shape index (κ2) is 6.39. The molecule has 0 aliphatic carbocycles. The molecule has 2 rings (SSSR count). The van der Waals surface area contributed by atoms with Gasteiger partial charge in [0.15, 0.2) is 0 Å². The van der Waals surface area contributed by atoms with Crippen LogP contribution >= 0.6 is 11.6 Å². The Morgan fingerprint density at radius 3 is 2.55 bits per heavy atom. The summed E-state index contributed by atoms with van der Waals surface area (Å²) in [4.78, 5) is 11.9. The average molecular weight is 291 g/mol. The smallest absolute Gasteiger partial charge is 0.274 e. The third kappa shape index (κ3) is 3.27. The molecule has 104 valence electrons. The van der Waals surface area contributed by atoms with Gasteiger partial charge in [0.2, 0.25) is 0 Å². The van der Waals surface area contributed by atoms with Crippen molar-refractivity contribution in [3.63, 3.8) is 0 Å². The number of hydrogen-bond acceptors (Lipinski definition) is 3. The second-order valence-corrected chi connectivity index (χ2v) is 4.69. The lowest BCUT2D eigenvalue weighted by atomic mass is 10.1. The van der Waals surface area contributed by atoms with Gasteiger partial charge in [-0.3, -0.25) is 4.79 Å². The first-order valence-electron chi connectivity index (χ1n) is 6.28. The Labute approximate surface area is 122 Å². The van der Waals surface area contributed by atoms with E-state index in [0.29, 0.717) is 22.8 Å². The fourth-order valence-corrected chi connectivity index (χ4v) is 1.92. The van der Waals surface area contributed by atoms with Crippen LogP contribution in [0, 0.1) is 6.92 Å². The molecule has 0 bridgehead atoms. The first-order chi connectivity index (χ1) is 9.61. The Morgan fingerprint density at radius 2 is 2.00 bits per heavy atom. The Morgan fingerprint density at radius 1 is 1.30 bits per heavy atom. The van der Waals surface area contributed by atoms with E-state index in [-0.39, 0.29) is 5.91 Å². The van der Waals surface area contributed by atoms with Crippen LogP contribution in [0.3, 0.4) is 0 Å². The van der Waals surface area contributed by atoms with E-state index in [1.54, 1.807) is 25.1 Å². The van der Waals surface area contributed by atoms with E-state index in [1.165, 1.54) is 6.26 Å². The summed E-state index contributed by atoms with van der Waals surface area (Å²) in [6.45, 7) is 3.71. The van der Waals surface area contributed by atoms with Crippen LogP contribution in [0.15, 0.2) is 46.1 Å². The summed E-state index contributed by atoms with van der Waals surface area (Å²) < 4.78 is 5.09. The predicted molar refractivity (Wildman–Crippen MR) is 79.2 cm³/mol. The lowest BCUT2D eigenvalue weighted by Gasteiger charge is -2.05. The lowest BCUT2D eigenvalue weighted by Crippen LogP contribution is -2.20. The van der Waals surface area contributed by atoms with Crippen LogP contribution in [0.1, 0.15) is 35.0 Å². The monoisotopic (exact) mass is 290 g/mol. The standard InChI is InChI=1S/C15H15ClN2O2/c1-3-14(11-4-6-12(16)7-5-11)17-18-15(19)13-8-9-20-10(13)2/h4-9H,3H2,1-2H3,(H,18,19). The summed E-state index contributed by atoms with van der Waals surface area (Å²) in [7, 11) is 0. The number of hydrazone groups is 1. The Bertz CT molecular complexity index is 630. The SMILES string of the molecule is CCC(=NNC(=O)c1ccoc1C)c1ccc(Cl)cc1. The van der Waals surface area contributed by atoms with E-state index in [4.69, 9.17) is 16.0 Å². The normalized spacial score (nSPS) is 11.4. The lowest BCUT2D eigenvalue weighted by molar-refractivity contribution is 0.0953. The van der Waals surface area contributed by atoms with Gasteiger partial charge in [-0.2, -0.15) is 5.10 Å². The van der Waals surface area contributed by atoms with Gasteiger partial charge < -0.3 is 4.42 Å². The van der Waals surface area contributed by atoms with Crippen molar-refractivity contribution in [1.29, 1.82) is 0 Å². The summed E-state index contributed by atoms with van der Waals surface area (Å²) >= 11 is 5.85. The van der Waals surface area contributed by atoms with Gasteiger partial charge in [-0.25, -0.2) is 5.43 Å². The molecule has 1 aromatic carbocycles. The fraction of sp³-hybridized carbons (Fsp3) is 0.200. The molecule has 1 N–H and O–H groups in total. The van der Waals surface area contributed by atoms with Crippen LogP contribution in [0.4, 0.5) is 0 Å². The molecule has 20 heavy (non-hydrogen) atoms. The van der Waals surface area contributed by atoms with Gasteiger partial charge in [-0.05, 0) is 37.1 Å². The molecule has 0 spiro atoms. The zero-order valence-electron chi connectivity index (χ0n) is 11.3. The summed E-state index contributed by atoms with van der Waals surface area (Å²) in [5, 5.41) is 4.84. The maximum Gasteiger partial charge on any atom is 0.274 e. The molecule has 0 unspecified atom stereocenters. The predicted octanol–water partition coefficient (Wildman–Crippen LogP) is 3.79. The molecule has 0 radical (unpaired) electrons. The van der Waals surface area contributed by atoms with Gasteiger partial charge in [-0.15, -0.1) is 0 Å². The van der Waals surface area contributed by atoms with Gasteiger partial charge in [0.05, 0.1) is 17.5 Å². The summed E-state index contributed by atoms with van der Waals surface area (Å²) in [5.41, 5.74) is 4.75. The minimum absolute atomic E-state index is 0.281. The first kappa shape index (κ1) is 14.3. The van der Waals surface area contributed by atoms with E-state index in [2.05, 4.69) is 10.5 Å². The number of nitrogens with zero attached hydrogens (tertiary/aromatic N) is 1. The van der Waals surface area contributed by atoms with Crippen molar-refractivity contribution in [3.05, 3.63) is 58.5 Å².